The molecule has 1 heterocycles. The predicted molar refractivity (Wildman–Crippen MR) is 116 cm³/mol. The van der Waals surface area contributed by atoms with E-state index in [1.807, 2.05) is 54.6 Å². The molecule has 148 valence electrons. The summed E-state index contributed by atoms with van der Waals surface area (Å²) in [7, 11) is 3.10. The van der Waals surface area contributed by atoms with Gasteiger partial charge in [-0.15, -0.1) is 0 Å². The van der Waals surface area contributed by atoms with Crippen LogP contribution in [0.4, 0.5) is 11.4 Å². The zero-order valence-corrected chi connectivity index (χ0v) is 16.5. The largest absolute Gasteiger partial charge is 0.490 e. The minimum absolute atomic E-state index is 0.362. The first-order valence-electron chi connectivity index (χ1n) is 9.27. The molecule has 3 aromatic carbocycles. The number of anilines is 2. The number of aromatic nitrogens is 1. The molecule has 0 aliphatic heterocycles. The lowest BCUT2D eigenvalue weighted by Crippen LogP contribution is -2.01. The third-order valence-corrected chi connectivity index (χ3v) is 4.54. The first kappa shape index (κ1) is 19.1. The Balaban J connectivity index is 1.71. The highest BCUT2D eigenvalue weighted by molar-refractivity contribution is 5.98. The van der Waals surface area contributed by atoms with Crippen molar-refractivity contribution in [1.29, 1.82) is 5.26 Å². The summed E-state index contributed by atoms with van der Waals surface area (Å²) in [5.41, 5.74) is 2.73. The Bertz CT molecular complexity index is 1220. The molecule has 0 atom stereocenters. The van der Waals surface area contributed by atoms with Crippen molar-refractivity contribution >= 4 is 22.3 Å². The molecule has 0 saturated carbocycles. The Labute approximate surface area is 174 Å². The van der Waals surface area contributed by atoms with Crippen LogP contribution < -0.4 is 19.5 Å². The van der Waals surface area contributed by atoms with E-state index in [9.17, 15) is 5.26 Å². The lowest BCUT2D eigenvalue weighted by molar-refractivity contribution is 0.346. The molecular formula is C24H19N3O3. The van der Waals surface area contributed by atoms with Gasteiger partial charge in [0.25, 0.3) is 5.88 Å². The summed E-state index contributed by atoms with van der Waals surface area (Å²) in [6.07, 6.45) is 0. The minimum atomic E-state index is 0.362. The van der Waals surface area contributed by atoms with E-state index in [0.29, 0.717) is 28.4 Å². The molecule has 0 bridgehead atoms. The van der Waals surface area contributed by atoms with Gasteiger partial charge in [-0.05, 0) is 54.6 Å². The highest BCUT2D eigenvalue weighted by atomic mass is 16.5. The number of fused-ring (bicyclic) bond motifs is 1. The predicted octanol–water partition coefficient (Wildman–Crippen LogP) is 5.66. The second kappa shape index (κ2) is 8.41. The van der Waals surface area contributed by atoms with E-state index in [1.165, 1.54) is 0 Å². The van der Waals surface area contributed by atoms with Crippen LogP contribution in [0.3, 0.4) is 0 Å². The van der Waals surface area contributed by atoms with Gasteiger partial charge in [0.2, 0.25) is 5.75 Å². The Morgan fingerprint density at radius 3 is 2.27 bits per heavy atom. The number of rotatable bonds is 6. The summed E-state index contributed by atoms with van der Waals surface area (Å²) < 4.78 is 16.8. The number of nitrogens with zero attached hydrogens (tertiary/aromatic N) is 2. The first-order chi connectivity index (χ1) is 14.7. The summed E-state index contributed by atoms with van der Waals surface area (Å²) >= 11 is 0. The smallest absolute Gasteiger partial charge is 0.259 e. The topological polar surface area (TPSA) is 76.4 Å². The Hall–Kier alpha value is -4.24. The lowest BCUT2D eigenvalue weighted by atomic mass is 10.1. The molecule has 0 amide bonds. The summed E-state index contributed by atoms with van der Waals surface area (Å²) in [5, 5.41) is 13.4. The molecule has 4 rings (SSSR count). The van der Waals surface area contributed by atoms with Crippen molar-refractivity contribution in [3.05, 3.63) is 78.4 Å². The number of nitrogens with one attached hydrogen (secondary N) is 1. The van der Waals surface area contributed by atoms with Crippen LogP contribution in [0.5, 0.6) is 23.1 Å². The first-order valence-corrected chi connectivity index (χ1v) is 9.27. The fourth-order valence-electron chi connectivity index (χ4n) is 3.12. The van der Waals surface area contributed by atoms with E-state index < -0.39 is 0 Å². The van der Waals surface area contributed by atoms with Gasteiger partial charge in [-0.3, -0.25) is 0 Å². The molecule has 0 fully saturated rings. The summed E-state index contributed by atoms with van der Waals surface area (Å²) in [4.78, 5) is 4.49. The standard InChI is InChI=1S/C24H19N3O3/c1-28-23-22(20-14-16(15-25)8-13-21(20)27-24(23)29-2)26-17-9-11-19(12-10-17)30-18-6-4-3-5-7-18/h3-14H,1-2H3,(H,26,27). The van der Waals surface area contributed by atoms with Gasteiger partial charge in [0.05, 0.1) is 37.1 Å². The fraction of sp³-hybridized carbons (Fsp3) is 0.0833. The van der Waals surface area contributed by atoms with Crippen LogP contribution in [-0.4, -0.2) is 19.2 Å². The van der Waals surface area contributed by atoms with Gasteiger partial charge in [-0.25, -0.2) is 4.98 Å². The molecule has 30 heavy (non-hydrogen) atoms. The van der Waals surface area contributed by atoms with Crippen LogP contribution in [0, 0.1) is 11.3 Å². The summed E-state index contributed by atoms with van der Waals surface area (Å²) in [6.45, 7) is 0. The number of benzene rings is 3. The summed E-state index contributed by atoms with van der Waals surface area (Å²) in [5.74, 6) is 2.32. The Kier molecular flexibility index (Phi) is 5.35. The highest BCUT2D eigenvalue weighted by Gasteiger charge is 2.17. The molecule has 1 aromatic heterocycles. The maximum Gasteiger partial charge on any atom is 0.259 e. The van der Waals surface area contributed by atoms with E-state index in [0.717, 1.165) is 22.6 Å². The number of nitriles is 1. The molecule has 6 nitrogen and oxygen atoms in total. The molecule has 4 aromatic rings. The molecule has 0 unspecified atom stereocenters. The minimum Gasteiger partial charge on any atom is -0.490 e. The van der Waals surface area contributed by atoms with E-state index in [2.05, 4.69) is 16.4 Å². The molecular weight excluding hydrogens is 378 g/mol. The van der Waals surface area contributed by atoms with Crippen LogP contribution >= 0.6 is 0 Å². The van der Waals surface area contributed by atoms with Crippen molar-refractivity contribution in [3.8, 4) is 29.2 Å². The fourth-order valence-corrected chi connectivity index (χ4v) is 3.12. The van der Waals surface area contributed by atoms with E-state index in [1.54, 1.807) is 32.4 Å². The van der Waals surface area contributed by atoms with Crippen molar-refractivity contribution < 1.29 is 14.2 Å². The molecule has 0 spiro atoms. The van der Waals surface area contributed by atoms with Gasteiger partial charge in [-0.2, -0.15) is 5.26 Å². The van der Waals surface area contributed by atoms with Crippen LogP contribution in [-0.2, 0) is 0 Å². The van der Waals surface area contributed by atoms with Crippen LogP contribution in [0.15, 0.2) is 72.8 Å². The maximum absolute atomic E-state index is 9.30. The second-order valence-electron chi connectivity index (χ2n) is 6.44. The number of hydrogen-bond acceptors (Lipinski definition) is 6. The Morgan fingerprint density at radius 1 is 0.867 bits per heavy atom. The average Bonchev–Trinajstić information content (AvgIpc) is 2.80. The third kappa shape index (κ3) is 3.82. The van der Waals surface area contributed by atoms with Gasteiger partial charge in [0, 0.05) is 11.1 Å². The van der Waals surface area contributed by atoms with Crippen LogP contribution in [0.25, 0.3) is 10.9 Å². The zero-order valence-electron chi connectivity index (χ0n) is 16.5. The van der Waals surface area contributed by atoms with Gasteiger partial charge in [0.15, 0.2) is 0 Å². The van der Waals surface area contributed by atoms with E-state index >= 15 is 0 Å². The van der Waals surface area contributed by atoms with Crippen molar-refractivity contribution in [2.24, 2.45) is 0 Å². The quantitative estimate of drug-likeness (QED) is 0.452. The van der Waals surface area contributed by atoms with Gasteiger partial charge in [-0.1, -0.05) is 18.2 Å². The van der Waals surface area contributed by atoms with Gasteiger partial charge in [0.1, 0.15) is 11.5 Å². The number of hydrogen-bond donors (Lipinski definition) is 1. The molecule has 0 saturated heterocycles. The number of para-hydroxylation sites is 1. The van der Waals surface area contributed by atoms with Crippen molar-refractivity contribution in [3.63, 3.8) is 0 Å². The Morgan fingerprint density at radius 2 is 1.60 bits per heavy atom. The van der Waals surface area contributed by atoms with Crippen molar-refractivity contribution in [1.82, 2.24) is 4.98 Å². The number of pyridine rings is 1. The SMILES string of the molecule is COc1nc2ccc(C#N)cc2c(Nc2ccc(Oc3ccccc3)cc2)c1OC. The molecule has 1 N–H and O–H groups in total. The average molecular weight is 397 g/mol. The van der Waals surface area contributed by atoms with Crippen LogP contribution in [0.2, 0.25) is 0 Å². The van der Waals surface area contributed by atoms with Gasteiger partial charge < -0.3 is 19.5 Å². The molecule has 0 radical (unpaired) electrons. The van der Waals surface area contributed by atoms with E-state index in [4.69, 9.17) is 14.2 Å². The van der Waals surface area contributed by atoms with Gasteiger partial charge >= 0.3 is 0 Å². The second-order valence-corrected chi connectivity index (χ2v) is 6.44. The number of methoxy groups -OCH3 is 2. The molecule has 0 aliphatic carbocycles. The third-order valence-electron chi connectivity index (χ3n) is 4.54. The highest BCUT2D eigenvalue weighted by Crippen LogP contribution is 2.41. The van der Waals surface area contributed by atoms with Crippen LogP contribution in [0.1, 0.15) is 5.56 Å². The monoisotopic (exact) mass is 397 g/mol. The number of ether oxygens (including phenoxy) is 3. The van der Waals surface area contributed by atoms with Crippen molar-refractivity contribution in [2.75, 3.05) is 19.5 Å². The van der Waals surface area contributed by atoms with E-state index in [-0.39, 0.29) is 0 Å². The lowest BCUT2D eigenvalue weighted by Gasteiger charge is -2.17. The zero-order chi connectivity index (χ0) is 20.9. The summed E-state index contributed by atoms with van der Waals surface area (Å²) in [6, 6.07) is 24.6. The molecule has 0 aliphatic rings. The van der Waals surface area contributed by atoms with Crippen molar-refractivity contribution in [2.45, 2.75) is 0 Å². The normalized spacial score (nSPS) is 10.3. The maximum atomic E-state index is 9.30. The molecule has 6 heteroatoms.